The van der Waals surface area contributed by atoms with Gasteiger partial charge in [-0.2, -0.15) is 5.10 Å². The zero-order valence-corrected chi connectivity index (χ0v) is 18.8. The number of aryl methyl sites for hydroxylation is 2. The van der Waals surface area contributed by atoms with Gasteiger partial charge in [0.2, 0.25) is 0 Å². The zero-order chi connectivity index (χ0) is 23.4. The highest BCUT2D eigenvalue weighted by atomic mass is 16.5. The van der Waals surface area contributed by atoms with Crippen LogP contribution in [-0.2, 0) is 13.6 Å². The smallest absolute Gasteiger partial charge is 0.277 e. The molecule has 4 aromatic rings. The summed E-state index contributed by atoms with van der Waals surface area (Å²) in [6.45, 7) is 4.79. The molecule has 0 spiro atoms. The van der Waals surface area contributed by atoms with E-state index in [0.717, 1.165) is 12.0 Å². The van der Waals surface area contributed by atoms with Crippen LogP contribution in [0.5, 0.6) is 5.75 Å². The number of H-pyrrole nitrogens is 1. The highest BCUT2D eigenvalue weighted by Gasteiger charge is 2.16. The molecular formula is C23H26N8O2. The highest BCUT2D eigenvalue weighted by molar-refractivity contribution is 5.93. The quantitative estimate of drug-likeness (QED) is 0.293. The highest BCUT2D eigenvalue weighted by Crippen LogP contribution is 2.31. The molecule has 0 fully saturated rings. The third-order valence-electron chi connectivity index (χ3n) is 4.98. The zero-order valence-electron chi connectivity index (χ0n) is 18.8. The molecule has 10 heteroatoms. The van der Waals surface area contributed by atoms with Gasteiger partial charge in [-0.15, -0.1) is 0 Å². The van der Waals surface area contributed by atoms with Crippen LogP contribution in [0.25, 0.3) is 22.4 Å². The monoisotopic (exact) mass is 446 g/mol. The molecule has 0 bridgehead atoms. The van der Waals surface area contributed by atoms with Crippen molar-refractivity contribution in [1.29, 1.82) is 0 Å². The largest absolute Gasteiger partial charge is 0.493 e. The maximum atomic E-state index is 12.8. The molecule has 0 atom stereocenters. The van der Waals surface area contributed by atoms with Gasteiger partial charge in [-0.05, 0) is 43.2 Å². The first-order valence-corrected chi connectivity index (χ1v) is 10.6. The molecule has 10 nitrogen and oxygen atoms in total. The molecule has 0 saturated carbocycles. The number of pyridine rings is 1. The Balaban J connectivity index is 1.69. The second-order valence-corrected chi connectivity index (χ2v) is 7.57. The van der Waals surface area contributed by atoms with E-state index in [1.165, 1.54) is 4.68 Å². The molecular weight excluding hydrogens is 420 g/mol. The summed E-state index contributed by atoms with van der Waals surface area (Å²) in [6.07, 6.45) is 4.30. The number of guanidine groups is 1. The number of anilines is 1. The molecule has 0 unspecified atom stereocenters. The number of aromatic nitrogens is 5. The molecule has 170 valence electrons. The van der Waals surface area contributed by atoms with Crippen LogP contribution in [0.2, 0.25) is 0 Å². The first kappa shape index (κ1) is 22.0. The Morgan fingerprint density at radius 3 is 2.94 bits per heavy atom. The van der Waals surface area contributed by atoms with E-state index in [2.05, 4.69) is 30.4 Å². The van der Waals surface area contributed by atoms with Crippen molar-refractivity contribution in [2.45, 2.75) is 26.8 Å². The lowest BCUT2D eigenvalue weighted by Crippen LogP contribution is -2.22. The number of hydrogen-bond acceptors (Lipinski definition) is 6. The third-order valence-corrected chi connectivity index (χ3v) is 4.98. The lowest BCUT2D eigenvalue weighted by Gasteiger charge is -2.13. The van der Waals surface area contributed by atoms with Gasteiger partial charge in [0.15, 0.2) is 11.5 Å². The minimum Gasteiger partial charge on any atom is -0.493 e. The van der Waals surface area contributed by atoms with Gasteiger partial charge in [-0.25, -0.2) is 9.98 Å². The number of nitrogens with two attached hydrogens (primary N) is 1. The predicted molar refractivity (Wildman–Crippen MR) is 128 cm³/mol. The summed E-state index contributed by atoms with van der Waals surface area (Å²) in [5.74, 6) is 1.26. The average molecular weight is 447 g/mol. The Hall–Kier alpha value is -4.21. The van der Waals surface area contributed by atoms with Crippen molar-refractivity contribution in [3.05, 3.63) is 64.3 Å². The van der Waals surface area contributed by atoms with E-state index < -0.39 is 0 Å². The van der Waals surface area contributed by atoms with Gasteiger partial charge in [-0.3, -0.25) is 14.5 Å². The number of aromatic amines is 1. The lowest BCUT2D eigenvalue weighted by molar-refractivity contribution is 0.318. The number of nitrogens with one attached hydrogen (secondary N) is 2. The Morgan fingerprint density at radius 2 is 2.18 bits per heavy atom. The summed E-state index contributed by atoms with van der Waals surface area (Å²) in [5, 5.41) is 7.40. The predicted octanol–water partition coefficient (Wildman–Crippen LogP) is 2.74. The van der Waals surface area contributed by atoms with E-state index >= 15 is 0 Å². The Labute approximate surface area is 190 Å². The Morgan fingerprint density at radius 1 is 1.33 bits per heavy atom. The van der Waals surface area contributed by atoms with E-state index in [0.29, 0.717) is 52.7 Å². The van der Waals surface area contributed by atoms with Crippen LogP contribution in [-0.4, -0.2) is 37.3 Å². The number of fused-ring (bicyclic) bond motifs is 1. The van der Waals surface area contributed by atoms with E-state index in [4.69, 9.17) is 10.5 Å². The summed E-state index contributed by atoms with van der Waals surface area (Å²) < 4.78 is 7.45. The molecule has 4 N–H and O–H groups in total. The standard InChI is InChI=1S/C23H26N8O2/c1-4-10-33-18-8-7-16(27-23(24)26-13-15-6-5-9-25-12-15)11-17(18)21-28-19-14(2)30-31(3)20(19)22(32)29-21/h5-9,11-12H,4,10,13H2,1-3H3,(H3,24,26,27)(H,28,29,32). The van der Waals surface area contributed by atoms with Crippen molar-refractivity contribution in [1.82, 2.24) is 24.7 Å². The average Bonchev–Trinajstić information content (AvgIpc) is 3.11. The van der Waals surface area contributed by atoms with E-state index in [-0.39, 0.29) is 11.5 Å². The third kappa shape index (κ3) is 4.84. The van der Waals surface area contributed by atoms with Crippen molar-refractivity contribution >= 4 is 22.7 Å². The molecule has 0 amide bonds. The molecule has 1 aromatic carbocycles. The second-order valence-electron chi connectivity index (χ2n) is 7.57. The Bertz CT molecular complexity index is 1360. The van der Waals surface area contributed by atoms with Crippen LogP contribution in [0.1, 0.15) is 24.6 Å². The van der Waals surface area contributed by atoms with Gasteiger partial charge >= 0.3 is 0 Å². The fraction of sp³-hybridized carbons (Fsp3) is 0.261. The summed E-state index contributed by atoms with van der Waals surface area (Å²) >= 11 is 0. The topological polar surface area (TPSA) is 136 Å². The minimum absolute atomic E-state index is 0.257. The first-order valence-electron chi connectivity index (χ1n) is 10.6. The number of benzene rings is 1. The number of ether oxygens (including phenoxy) is 1. The van der Waals surface area contributed by atoms with Crippen LogP contribution in [0.4, 0.5) is 5.69 Å². The normalized spacial score (nSPS) is 11.7. The molecule has 3 aromatic heterocycles. The first-order chi connectivity index (χ1) is 16.0. The summed E-state index contributed by atoms with van der Waals surface area (Å²) in [7, 11) is 1.72. The summed E-state index contributed by atoms with van der Waals surface area (Å²) in [6, 6.07) is 9.27. The van der Waals surface area contributed by atoms with Crippen molar-refractivity contribution < 1.29 is 4.74 Å². The van der Waals surface area contributed by atoms with E-state index in [1.54, 1.807) is 19.4 Å². The van der Waals surface area contributed by atoms with E-state index in [1.807, 2.05) is 44.2 Å². The molecule has 0 radical (unpaired) electrons. The van der Waals surface area contributed by atoms with Crippen LogP contribution in [0.15, 0.2) is 52.5 Å². The fourth-order valence-electron chi connectivity index (χ4n) is 3.46. The lowest BCUT2D eigenvalue weighted by atomic mass is 10.1. The van der Waals surface area contributed by atoms with Crippen molar-refractivity contribution in [2.75, 3.05) is 11.9 Å². The summed E-state index contributed by atoms with van der Waals surface area (Å²) in [5.41, 5.74) is 9.74. The van der Waals surface area contributed by atoms with Crippen LogP contribution >= 0.6 is 0 Å². The fourth-order valence-corrected chi connectivity index (χ4v) is 3.46. The SMILES string of the molecule is CCCOc1ccc(NC(N)=NCc2cccnc2)cc1-c1nc2c(C)nn(C)c2c(=O)[nH]1. The van der Waals surface area contributed by atoms with Gasteiger partial charge in [0.1, 0.15) is 17.1 Å². The van der Waals surface area contributed by atoms with Gasteiger partial charge < -0.3 is 20.8 Å². The molecule has 0 saturated heterocycles. The van der Waals surface area contributed by atoms with Crippen molar-refractivity contribution in [3.8, 4) is 17.1 Å². The molecule has 0 aliphatic rings. The van der Waals surface area contributed by atoms with Crippen molar-refractivity contribution in [3.63, 3.8) is 0 Å². The van der Waals surface area contributed by atoms with Gasteiger partial charge in [0, 0.05) is 25.1 Å². The van der Waals surface area contributed by atoms with Gasteiger partial charge in [0.05, 0.1) is 24.4 Å². The number of rotatable bonds is 7. The number of aliphatic imine (C=N–C) groups is 1. The van der Waals surface area contributed by atoms with E-state index in [9.17, 15) is 4.79 Å². The second kappa shape index (κ2) is 9.51. The van der Waals surface area contributed by atoms with Crippen LogP contribution < -0.4 is 21.3 Å². The maximum Gasteiger partial charge on any atom is 0.277 e. The molecule has 0 aliphatic carbocycles. The minimum atomic E-state index is -0.268. The summed E-state index contributed by atoms with van der Waals surface area (Å²) in [4.78, 5) is 28.7. The van der Waals surface area contributed by atoms with Crippen molar-refractivity contribution in [2.24, 2.45) is 17.8 Å². The number of nitrogens with zero attached hydrogens (tertiary/aromatic N) is 5. The molecule has 4 rings (SSSR count). The van der Waals surface area contributed by atoms with Gasteiger partial charge in [-0.1, -0.05) is 13.0 Å². The molecule has 33 heavy (non-hydrogen) atoms. The number of hydrogen-bond donors (Lipinski definition) is 3. The van der Waals surface area contributed by atoms with Gasteiger partial charge in [0.25, 0.3) is 5.56 Å². The maximum absolute atomic E-state index is 12.8. The Kier molecular flexibility index (Phi) is 6.34. The molecule has 3 heterocycles. The van der Waals surface area contributed by atoms with Crippen LogP contribution in [0.3, 0.4) is 0 Å². The molecule has 0 aliphatic heterocycles. The van der Waals surface area contributed by atoms with Crippen LogP contribution in [0, 0.1) is 6.92 Å².